The highest BCUT2D eigenvalue weighted by Gasteiger charge is 2.52. The molecule has 2 fully saturated rings. The van der Waals surface area contributed by atoms with Gasteiger partial charge in [0.15, 0.2) is 0 Å². The lowest BCUT2D eigenvalue weighted by atomic mass is 10.0. The average molecular weight is 599 g/mol. The Morgan fingerprint density at radius 3 is 1.16 bits per heavy atom. The average Bonchev–Trinajstić information content (AvgIpc) is 3.90. The van der Waals surface area contributed by atoms with Crippen molar-refractivity contribution in [1.29, 1.82) is 0 Å². The molecule has 240 valence electrons. The Morgan fingerprint density at radius 2 is 0.837 bits per heavy atom. The molecule has 0 aromatic heterocycles. The molecule has 0 spiro atoms. The maximum absolute atomic E-state index is 5.99. The second kappa shape index (κ2) is 17.2. The highest BCUT2D eigenvalue weighted by Crippen LogP contribution is 2.40. The molecule has 2 aromatic carbocycles. The minimum Gasteiger partial charge on any atom is -0.494 e. The molecule has 2 aromatic rings. The first-order valence-corrected chi connectivity index (χ1v) is 16.6. The first-order chi connectivity index (χ1) is 21.0. The summed E-state index contributed by atoms with van der Waals surface area (Å²) >= 11 is 0. The summed E-state index contributed by atoms with van der Waals surface area (Å²) in [7, 11) is 0. The second-order valence-electron chi connectivity index (χ2n) is 12.0. The van der Waals surface area contributed by atoms with Crippen LogP contribution in [0.4, 0.5) is 0 Å². The fourth-order valence-corrected chi connectivity index (χ4v) is 5.42. The molecular formula is C36H54O7. The maximum atomic E-state index is 5.99. The quantitative estimate of drug-likeness (QED) is 0.0886. The fourth-order valence-electron chi connectivity index (χ4n) is 5.42. The summed E-state index contributed by atoms with van der Waals surface area (Å²) in [5, 5.41) is 0. The highest BCUT2D eigenvalue weighted by molar-refractivity contribution is 5.37. The normalized spacial score (nSPS) is 24.1. The molecule has 4 unspecified atom stereocenters. The molecule has 2 aliphatic heterocycles. The summed E-state index contributed by atoms with van der Waals surface area (Å²) in [5.74, 6) is 3.29. The standard InChI is InChI=1S/C36H54O7/c1-5-35(29(3)42-35)27-37-23-11-7-9-13-25-39-31-15-19-33(20-16-31)41-34-21-17-32(18-22-34)40-26-14-10-8-12-24-38-28-36(6-2)30(4)43-36/h15-22,29-30H,5-14,23-28H2,1-4H3. The van der Waals surface area contributed by atoms with Gasteiger partial charge in [-0.2, -0.15) is 0 Å². The molecule has 0 bridgehead atoms. The van der Waals surface area contributed by atoms with E-state index >= 15 is 0 Å². The highest BCUT2D eigenvalue weighted by atomic mass is 16.6. The number of epoxide rings is 2. The Hall–Kier alpha value is -2.32. The maximum Gasteiger partial charge on any atom is 0.127 e. The van der Waals surface area contributed by atoms with Gasteiger partial charge in [-0.3, -0.25) is 0 Å². The van der Waals surface area contributed by atoms with Crippen LogP contribution < -0.4 is 14.2 Å². The number of unbranched alkanes of at least 4 members (excludes halogenated alkanes) is 6. The Balaban J connectivity index is 0.976. The zero-order chi connectivity index (χ0) is 30.4. The first kappa shape index (κ1) is 33.6. The van der Waals surface area contributed by atoms with E-state index in [4.69, 9.17) is 33.2 Å². The van der Waals surface area contributed by atoms with Gasteiger partial charge >= 0.3 is 0 Å². The van der Waals surface area contributed by atoms with Crippen molar-refractivity contribution < 1.29 is 33.2 Å². The summed E-state index contributed by atoms with van der Waals surface area (Å²) in [4.78, 5) is 0. The first-order valence-electron chi connectivity index (χ1n) is 16.6. The van der Waals surface area contributed by atoms with Crippen LogP contribution >= 0.6 is 0 Å². The molecule has 2 saturated heterocycles. The monoisotopic (exact) mass is 598 g/mol. The Morgan fingerprint density at radius 1 is 0.512 bits per heavy atom. The Kier molecular flexibility index (Phi) is 13.5. The summed E-state index contributed by atoms with van der Waals surface area (Å²) in [6, 6.07) is 15.6. The molecule has 0 saturated carbocycles. The van der Waals surface area contributed by atoms with Crippen LogP contribution in [-0.4, -0.2) is 63.1 Å². The third kappa shape index (κ3) is 11.0. The number of ether oxygens (including phenoxy) is 7. The lowest BCUT2D eigenvalue weighted by Gasteiger charge is -2.11. The van der Waals surface area contributed by atoms with Crippen LogP contribution in [-0.2, 0) is 18.9 Å². The molecular weight excluding hydrogens is 544 g/mol. The van der Waals surface area contributed by atoms with Gasteiger partial charge in [0.2, 0.25) is 0 Å². The van der Waals surface area contributed by atoms with Gasteiger partial charge in [-0.15, -0.1) is 0 Å². The molecule has 7 nitrogen and oxygen atoms in total. The van der Waals surface area contributed by atoms with Gasteiger partial charge in [0, 0.05) is 13.2 Å². The smallest absolute Gasteiger partial charge is 0.127 e. The van der Waals surface area contributed by atoms with E-state index in [-0.39, 0.29) is 11.2 Å². The van der Waals surface area contributed by atoms with Crippen LogP contribution in [0.15, 0.2) is 48.5 Å². The molecule has 0 radical (unpaired) electrons. The van der Waals surface area contributed by atoms with E-state index in [1.54, 1.807) is 0 Å². The summed E-state index contributed by atoms with van der Waals surface area (Å²) < 4.78 is 40.8. The van der Waals surface area contributed by atoms with Gasteiger partial charge in [-0.1, -0.05) is 26.7 Å². The molecule has 4 rings (SSSR count). The third-order valence-electron chi connectivity index (χ3n) is 8.87. The summed E-state index contributed by atoms with van der Waals surface area (Å²) in [5.41, 5.74) is -0.0117. The molecule has 2 heterocycles. The number of hydrogen-bond acceptors (Lipinski definition) is 7. The zero-order valence-electron chi connectivity index (χ0n) is 26.9. The van der Waals surface area contributed by atoms with Crippen LogP contribution in [0.25, 0.3) is 0 Å². The molecule has 0 aliphatic carbocycles. The van der Waals surface area contributed by atoms with Crippen LogP contribution in [0, 0.1) is 0 Å². The van der Waals surface area contributed by atoms with E-state index in [2.05, 4.69) is 27.7 Å². The second-order valence-corrected chi connectivity index (χ2v) is 12.0. The van der Waals surface area contributed by atoms with Crippen molar-refractivity contribution >= 4 is 0 Å². The fraction of sp³-hybridized carbons (Fsp3) is 0.667. The van der Waals surface area contributed by atoms with Gasteiger partial charge in [0.1, 0.15) is 34.2 Å². The van der Waals surface area contributed by atoms with Gasteiger partial charge in [0.05, 0.1) is 38.6 Å². The van der Waals surface area contributed by atoms with Crippen LogP contribution in [0.5, 0.6) is 23.0 Å². The number of hydrogen-bond donors (Lipinski definition) is 0. The van der Waals surface area contributed by atoms with Gasteiger partial charge in [-0.05, 0) is 114 Å². The van der Waals surface area contributed by atoms with Crippen molar-refractivity contribution in [1.82, 2.24) is 0 Å². The van der Waals surface area contributed by atoms with Gasteiger partial charge < -0.3 is 33.2 Å². The van der Waals surface area contributed by atoms with Crippen molar-refractivity contribution in [2.24, 2.45) is 0 Å². The zero-order valence-corrected chi connectivity index (χ0v) is 26.9. The molecule has 43 heavy (non-hydrogen) atoms. The van der Waals surface area contributed by atoms with E-state index in [1.165, 1.54) is 0 Å². The Labute approximate surface area is 259 Å². The van der Waals surface area contributed by atoms with E-state index in [9.17, 15) is 0 Å². The minimum atomic E-state index is -0.00585. The molecule has 7 heteroatoms. The number of benzene rings is 2. The molecule has 0 amide bonds. The van der Waals surface area contributed by atoms with E-state index in [1.807, 2.05) is 48.5 Å². The molecule has 4 atom stereocenters. The van der Waals surface area contributed by atoms with E-state index in [0.29, 0.717) is 12.2 Å². The van der Waals surface area contributed by atoms with Crippen LogP contribution in [0.2, 0.25) is 0 Å². The topological polar surface area (TPSA) is 71.2 Å². The Bertz CT molecular complexity index is 951. The third-order valence-corrected chi connectivity index (χ3v) is 8.87. The minimum absolute atomic E-state index is 0.00585. The van der Waals surface area contributed by atoms with Crippen LogP contribution in [0.1, 0.15) is 91.9 Å². The predicted octanol–water partition coefficient (Wildman–Crippen LogP) is 8.53. The molecule has 0 N–H and O–H groups in total. The number of rotatable bonds is 24. The predicted molar refractivity (Wildman–Crippen MR) is 170 cm³/mol. The van der Waals surface area contributed by atoms with Crippen molar-refractivity contribution in [2.45, 2.75) is 115 Å². The lowest BCUT2D eigenvalue weighted by molar-refractivity contribution is 0.0741. The van der Waals surface area contributed by atoms with Crippen molar-refractivity contribution in [2.75, 3.05) is 39.6 Å². The molecule has 2 aliphatic rings. The van der Waals surface area contributed by atoms with Gasteiger partial charge in [0.25, 0.3) is 0 Å². The van der Waals surface area contributed by atoms with Crippen molar-refractivity contribution in [3.63, 3.8) is 0 Å². The van der Waals surface area contributed by atoms with E-state index < -0.39 is 0 Å². The lowest BCUT2D eigenvalue weighted by Crippen LogP contribution is -2.21. The summed E-state index contributed by atoms with van der Waals surface area (Å²) in [6.07, 6.45) is 11.6. The van der Waals surface area contributed by atoms with E-state index in [0.717, 1.165) is 127 Å². The van der Waals surface area contributed by atoms with Gasteiger partial charge in [-0.25, -0.2) is 0 Å². The van der Waals surface area contributed by atoms with Crippen molar-refractivity contribution in [3.05, 3.63) is 48.5 Å². The van der Waals surface area contributed by atoms with Crippen molar-refractivity contribution in [3.8, 4) is 23.0 Å². The van der Waals surface area contributed by atoms with Crippen LogP contribution in [0.3, 0.4) is 0 Å². The SMILES string of the molecule is CCC1(COCCCCCCOc2ccc(Oc3ccc(OCCCCCCOCC4(CC)OC4C)cc3)cc2)OC1C. The largest absolute Gasteiger partial charge is 0.494 e. The summed E-state index contributed by atoms with van der Waals surface area (Å²) in [6.45, 7) is 13.1.